The van der Waals surface area contributed by atoms with Gasteiger partial charge < -0.3 is 10.2 Å². The van der Waals surface area contributed by atoms with Gasteiger partial charge in [0.15, 0.2) is 0 Å². The molecule has 104 valence electrons. The number of benzene rings is 2. The smallest absolute Gasteiger partial charge is 0.304 e. The quantitative estimate of drug-likeness (QED) is 0.565. The van der Waals surface area contributed by atoms with E-state index in [2.05, 4.69) is 4.84 Å². The van der Waals surface area contributed by atoms with E-state index in [0.717, 1.165) is 0 Å². The van der Waals surface area contributed by atoms with Gasteiger partial charge in [-0.2, -0.15) is 0 Å². The lowest BCUT2D eigenvalue weighted by Gasteiger charge is -2.21. The third kappa shape index (κ3) is 4.17. The van der Waals surface area contributed by atoms with Gasteiger partial charge in [-0.05, 0) is 17.7 Å². The number of hydrogen-bond donors (Lipinski definition) is 3. The van der Waals surface area contributed by atoms with Crippen molar-refractivity contribution in [2.24, 2.45) is 0 Å². The van der Waals surface area contributed by atoms with Gasteiger partial charge in [0.25, 0.3) is 5.91 Å². The summed E-state index contributed by atoms with van der Waals surface area (Å²) in [7, 11) is 0. The number of carbonyl (C=O) groups is 1. The van der Waals surface area contributed by atoms with Crippen LogP contribution >= 0.6 is 0 Å². The molecule has 5 heteroatoms. The second-order valence-electron chi connectivity index (χ2n) is 4.30. The molecule has 0 atom stereocenters. The van der Waals surface area contributed by atoms with Gasteiger partial charge in [-0.15, -0.1) is 0 Å². The fourth-order valence-corrected chi connectivity index (χ4v) is 1.67. The van der Waals surface area contributed by atoms with Gasteiger partial charge >= 0.3 is 5.97 Å². The number of rotatable bonds is 5. The minimum absolute atomic E-state index is 0.164. The molecule has 0 fully saturated rings. The highest BCUT2D eigenvalue weighted by atomic mass is 16.8. The molecule has 20 heavy (non-hydrogen) atoms. The van der Waals surface area contributed by atoms with E-state index in [-0.39, 0.29) is 6.42 Å². The Balaban J connectivity index is 1.91. The molecule has 0 spiro atoms. The fraction of sp³-hybridized carbons (Fsp3) is 0.133. The highest BCUT2D eigenvalue weighted by Gasteiger charge is 2.26. The SMILES string of the molecule is O=C(NOC(O)(O)Cc1ccccc1)c1ccccc1. The summed E-state index contributed by atoms with van der Waals surface area (Å²) in [6, 6.07) is 17.2. The summed E-state index contributed by atoms with van der Waals surface area (Å²) < 4.78 is 0. The van der Waals surface area contributed by atoms with Crippen molar-refractivity contribution < 1.29 is 19.8 Å². The standard InChI is InChI=1S/C15H15NO4/c17-14(13-9-5-2-6-10-13)16-20-15(18,19)11-12-7-3-1-4-8-12/h1-10,18-19H,11H2,(H,16,17). The van der Waals surface area contributed by atoms with E-state index in [1.807, 2.05) is 11.5 Å². The normalized spacial score (nSPS) is 11.1. The van der Waals surface area contributed by atoms with Gasteiger partial charge in [0, 0.05) is 5.56 Å². The number of hydrogen-bond acceptors (Lipinski definition) is 4. The monoisotopic (exact) mass is 273 g/mol. The summed E-state index contributed by atoms with van der Waals surface area (Å²) in [5.41, 5.74) is 3.06. The van der Waals surface area contributed by atoms with Gasteiger partial charge in [0.05, 0.1) is 6.42 Å². The summed E-state index contributed by atoms with van der Waals surface area (Å²) in [5.74, 6) is -3.02. The molecule has 2 aromatic carbocycles. The number of amides is 1. The van der Waals surface area contributed by atoms with Gasteiger partial charge in [0.2, 0.25) is 0 Å². The van der Waals surface area contributed by atoms with Crippen LogP contribution in [-0.2, 0) is 11.3 Å². The third-order valence-electron chi connectivity index (χ3n) is 2.62. The van der Waals surface area contributed by atoms with Crippen LogP contribution in [0.25, 0.3) is 0 Å². The van der Waals surface area contributed by atoms with Crippen LogP contribution in [0.4, 0.5) is 0 Å². The summed E-state index contributed by atoms with van der Waals surface area (Å²) >= 11 is 0. The first-order valence-corrected chi connectivity index (χ1v) is 6.09. The Morgan fingerprint density at radius 2 is 1.55 bits per heavy atom. The van der Waals surface area contributed by atoms with Gasteiger partial charge in [-0.1, -0.05) is 48.5 Å². The maximum absolute atomic E-state index is 11.7. The maximum Gasteiger partial charge on any atom is 0.304 e. The number of nitrogens with one attached hydrogen (secondary N) is 1. The zero-order chi connectivity index (χ0) is 14.4. The lowest BCUT2D eigenvalue weighted by Crippen LogP contribution is -2.42. The van der Waals surface area contributed by atoms with Crippen molar-refractivity contribution in [2.75, 3.05) is 0 Å². The van der Waals surface area contributed by atoms with Gasteiger partial charge in [-0.25, -0.2) is 10.3 Å². The van der Waals surface area contributed by atoms with E-state index in [9.17, 15) is 15.0 Å². The van der Waals surface area contributed by atoms with Crippen LogP contribution in [0.2, 0.25) is 0 Å². The Morgan fingerprint density at radius 3 is 2.15 bits per heavy atom. The molecule has 0 aliphatic rings. The van der Waals surface area contributed by atoms with E-state index in [1.54, 1.807) is 54.6 Å². The molecule has 3 N–H and O–H groups in total. The van der Waals surface area contributed by atoms with E-state index in [0.29, 0.717) is 11.1 Å². The van der Waals surface area contributed by atoms with E-state index in [1.165, 1.54) is 0 Å². The zero-order valence-corrected chi connectivity index (χ0v) is 10.7. The summed E-state index contributed by atoms with van der Waals surface area (Å²) in [5, 5.41) is 19.4. The Morgan fingerprint density at radius 1 is 1.00 bits per heavy atom. The molecule has 2 rings (SSSR count). The number of aliphatic hydroxyl groups is 2. The third-order valence-corrected chi connectivity index (χ3v) is 2.62. The van der Waals surface area contributed by atoms with Crippen LogP contribution < -0.4 is 5.48 Å². The Kier molecular flexibility index (Phi) is 4.47. The lowest BCUT2D eigenvalue weighted by molar-refractivity contribution is -0.353. The fourth-order valence-electron chi connectivity index (χ4n) is 1.67. The average Bonchev–Trinajstić information content (AvgIpc) is 2.46. The summed E-state index contributed by atoms with van der Waals surface area (Å²) in [6.45, 7) is 0. The second kappa shape index (κ2) is 6.29. The topological polar surface area (TPSA) is 78.8 Å². The number of carbonyl (C=O) groups excluding carboxylic acids is 1. The van der Waals surface area contributed by atoms with E-state index >= 15 is 0 Å². The molecule has 0 unspecified atom stereocenters. The predicted molar refractivity (Wildman–Crippen MR) is 72.3 cm³/mol. The molecule has 0 radical (unpaired) electrons. The minimum Gasteiger partial charge on any atom is -0.342 e. The van der Waals surface area contributed by atoms with Crippen molar-refractivity contribution in [3.8, 4) is 0 Å². The van der Waals surface area contributed by atoms with Crippen molar-refractivity contribution in [3.05, 3.63) is 71.8 Å². The molecule has 0 aromatic heterocycles. The van der Waals surface area contributed by atoms with Gasteiger partial charge in [-0.3, -0.25) is 4.79 Å². The predicted octanol–water partition coefficient (Wildman–Crippen LogP) is 1.23. The molecule has 2 aromatic rings. The van der Waals surface area contributed by atoms with Crippen molar-refractivity contribution in [1.82, 2.24) is 5.48 Å². The Labute approximate surface area is 116 Å². The molecule has 0 bridgehead atoms. The van der Waals surface area contributed by atoms with Crippen LogP contribution in [0, 0.1) is 0 Å². The summed E-state index contributed by atoms with van der Waals surface area (Å²) in [6.07, 6.45) is -0.164. The van der Waals surface area contributed by atoms with Crippen LogP contribution in [0.5, 0.6) is 0 Å². The Hall–Kier alpha value is -2.21. The van der Waals surface area contributed by atoms with Crippen molar-refractivity contribution in [3.63, 3.8) is 0 Å². The molecular formula is C15H15NO4. The van der Waals surface area contributed by atoms with Crippen molar-refractivity contribution in [2.45, 2.75) is 12.4 Å². The molecule has 0 aliphatic heterocycles. The lowest BCUT2D eigenvalue weighted by atomic mass is 10.1. The molecule has 5 nitrogen and oxygen atoms in total. The van der Waals surface area contributed by atoms with Crippen LogP contribution in [0.15, 0.2) is 60.7 Å². The Bertz CT molecular complexity index is 555. The van der Waals surface area contributed by atoms with Crippen molar-refractivity contribution in [1.29, 1.82) is 0 Å². The van der Waals surface area contributed by atoms with Crippen LogP contribution in [-0.4, -0.2) is 22.1 Å². The largest absolute Gasteiger partial charge is 0.342 e. The molecule has 0 aliphatic carbocycles. The minimum atomic E-state index is -2.47. The average molecular weight is 273 g/mol. The first-order valence-electron chi connectivity index (χ1n) is 6.09. The highest BCUT2D eigenvalue weighted by molar-refractivity contribution is 5.93. The molecule has 0 saturated heterocycles. The first-order chi connectivity index (χ1) is 9.57. The molecule has 0 saturated carbocycles. The van der Waals surface area contributed by atoms with Crippen LogP contribution in [0.3, 0.4) is 0 Å². The molecular weight excluding hydrogens is 258 g/mol. The first kappa shape index (κ1) is 14.2. The molecule has 1 amide bonds. The summed E-state index contributed by atoms with van der Waals surface area (Å²) in [4.78, 5) is 16.3. The molecule has 0 heterocycles. The van der Waals surface area contributed by atoms with Gasteiger partial charge in [0.1, 0.15) is 0 Å². The maximum atomic E-state index is 11.7. The highest BCUT2D eigenvalue weighted by Crippen LogP contribution is 2.11. The van der Waals surface area contributed by atoms with E-state index < -0.39 is 11.9 Å². The van der Waals surface area contributed by atoms with Crippen LogP contribution in [0.1, 0.15) is 15.9 Å². The number of hydroxylamine groups is 1. The second-order valence-corrected chi connectivity index (χ2v) is 4.30. The van der Waals surface area contributed by atoms with Crippen molar-refractivity contribution >= 4 is 5.91 Å². The zero-order valence-electron chi connectivity index (χ0n) is 10.7. The van der Waals surface area contributed by atoms with E-state index in [4.69, 9.17) is 0 Å².